The highest BCUT2D eigenvalue weighted by molar-refractivity contribution is 8.27. The van der Waals surface area contributed by atoms with Crippen LogP contribution in [0.15, 0.2) is 28.5 Å². The van der Waals surface area contributed by atoms with Crippen LogP contribution in [0, 0.1) is 10.1 Å². The molecule has 1 aliphatic heterocycles. The van der Waals surface area contributed by atoms with Crippen LogP contribution in [-0.4, -0.2) is 14.0 Å². The van der Waals surface area contributed by atoms with Gasteiger partial charge in [-0.1, -0.05) is 0 Å². The van der Waals surface area contributed by atoms with Gasteiger partial charge in [-0.3, -0.25) is 10.1 Å². The molecule has 0 saturated carbocycles. The average molecular weight is 212 g/mol. The van der Waals surface area contributed by atoms with Crippen molar-refractivity contribution in [1.82, 2.24) is 0 Å². The number of rotatable bonds is 1. The fourth-order valence-electron chi connectivity index (χ4n) is 1.27. The van der Waals surface area contributed by atoms with Crippen LogP contribution < -0.4 is 0 Å². The molecule has 0 fully saturated rings. The van der Waals surface area contributed by atoms with Crippen molar-refractivity contribution in [3.63, 3.8) is 0 Å². The van der Waals surface area contributed by atoms with Crippen LogP contribution in [0.1, 0.15) is 5.56 Å². The molecule has 14 heavy (non-hydrogen) atoms. The van der Waals surface area contributed by atoms with Crippen LogP contribution in [0.5, 0.6) is 0 Å². The zero-order chi connectivity index (χ0) is 10.3. The van der Waals surface area contributed by atoms with E-state index in [1.165, 1.54) is 18.2 Å². The van der Waals surface area contributed by atoms with Crippen molar-refractivity contribution < 1.29 is 14.0 Å². The molecule has 0 aromatic heterocycles. The number of non-ortho nitro benzene ring substituents is 1. The van der Waals surface area contributed by atoms with Crippen LogP contribution in [0.4, 0.5) is 5.69 Å². The van der Waals surface area contributed by atoms with E-state index < -0.39 is 15.5 Å². The highest BCUT2D eigenvalue weighted by Crippen LogP contribution is 2.56. The minimum absolute atomic E-state index is 0.117. The van der Waals surface area contributed by atoms with Gasteiger partial charge in [-0.15, -0.1) is 0 Å². The molecule has 1 unspecified atom stereocenters. The highest BCUT2D eigenvalue weighted by atomic mass is 32.3. The van der Waals surface area contributed by atoms with Crippen molar-refractivity contribution in [3.8, 4) is 0 Å². The van der Waals surface area contributed by atoms with Crippen LogP contribution in [0.3, 0.4) is 0 Å². The van der Waals surface area contributed by atoms with Crippen molar-refractivity contribution in [3.05, 3.63) is 39.3 Å². The summed E-state index contributed by atoms with van der Waals surface area (Å²) >= 11 is 0. The lowest BCUT2D eigenvalue weighted by molar-refractivity contribution is -0.385. The molecule has 0 aliphatic carbocycles. The molecule has 1 aromatic carbocycles. The number of nitrogens with zero attached hydrogens (tertiary/aromatic N) is 1. The lowest BCUT2D eigenvalue weighted by Gasteiger charge is -2.39. The Hall–Kier alpha value is -1.37. The van der Waals surface area contributed by atoms with Gasteiger partial charge in [0.05, 0.1) is 4.92 Å². The minimum atomic E-state index is -3.20. The van der Waals surface area contributed by atoms with Crippen molar-refractivity contribution in [1.29, 1.82) is 0 Å². The number of hydrogen-bond donors (Lipinski definition) is 1. The molecule has 0 bridgehead atoms. The summed E-state index contributed by atoms with van der Waals surface area (Å²) in [5.41, 5.74) is 0.386. The topological polar surface area (TPSA) is 86.4 Å². The molecule has 0 spiro atoms. The summed E-state index contributed by atoms with van der Waals surface area (Å²) < 4.78 is 20.8. The Kier molecular flexibility index (Phi) is 1.84. The van der Waals surface area contributed by atoms with Crippen molar-refractivity contribution in [2.24, 2.45) is 0 Å². The Morgan fingerprint density at radius 2 is 2.14 bits per heavy atom. The Bertz CT molecular complexity index is 441. The Morgan fingerprint density at radius 1 is 1.43 bits per heavy atom. The molecule has 6 heteroatoms. The van der Waals surface area contributed by atoms with Crippen molar-refractivity contribution in [2.45, 2.75) is 4.90 Å². The molecule has 74 valence electrons. The van der Waals surface area contributed by atoms with Crippen LogP contribution in [0.25, 0.3) is 6.08 Å². The molecular weight excluding hydrogens is 206 g/mol. The monoisotopic (exact) mass is 212 g/mol. The fraction of sp³-hybridized carbons (Fsp3) is 0. The van der Waals surface area contributed by atoms with E-state index in [9.17, 15) is 19.2 Å². The van der Waals surface area contributed by atoms with Gasteiger partial charge < -0.3 is 19.7 Å². The predicted octanol–water partition coefficient (Wildman–Crippen LogP) is 2.35. The van der Waals surface area contributed by atoms with Crippen LogP contribution in [0.2, 0.25) is 0 Å². The summed E-state index contributed by atoms with van der Waals surface area (Å²) in [6.45, 7) is 0. The second-order valence-electron chi connectivity index (χ2n) is 2.85. The van der Waals surface area contributed by atoms with E-state index in [1.54, 1.807) is 0 Å². The maximum Gasteiger partial charge on any atom is 0.271 e. The lowest BCUT2D eigenvalue weighted by Crippen LogP contribution is -1.94. The van der Waals surface area contributed by atoms with Crippen LogP contribution >= 0.6 is 10.6 Å². The van der Waals surface area contributed by atoms with Gasteiger partial charge in [-0.05, 0) is 23.1 Å². The van der Waals surface area contributed by atoms with E-state index in [2.05, 4.69) is 0 Å². The summed E-state index contributed by atoms with van der Waals surface area (Å²) in [4.78, 5) is 9.95. The summed E-state index contributed by atoms with van der Waals surface area (Å²) in [5.74, 6) is 0. The first-order valence-corrected chi connectivity index (χ1v) is 5.32. The van der Waals surface area contributed by atoms with E-state index in [1.807, 2.05) is 0 Å². The molecule has 5 nitrogen and oxygen atoms in total. The standard InChI is InChI=1S/C8H7NO4S/c10-9(11)7-2-1-6-3-4-14(12,13)8(6)5-7/h1-5,12-13H/p-1. The van der Waals surface area contributed by atoms with E-state index in [-0.39, 0.29) is 10.6 Å². The number of hydrogen-bond acceptors (Lipinski definition) is 4. The highest BCUT2D eigenvalue weighted by Gasteiger charge is 2.18. The SMILES string of the molecule is O=[N+]([O-])c1ccc2c(c1)S([O-])(O)C=C2. The van der Waals surface area contributed by atoms with Gasteiger partial charge in [0.2, 0.25) is 0 Å². The fourth-order valence-corrected chi connectivity index (χ4v) is 2.51. The van der Waals surface area contributed by atoms with Crippen molar-refractivity contribution >= 4 is 22.4 Å². The molecule has 1 aliphatic rings. The van der Waals surface area contributed by atoms with E-state index in [0.717, 1.165) is 11.5 Å². The number of nitro benzene ring substituents is 1. The second-order valence-corrected chi connectivity index (χ2v) is 4.70. The van der Waals surface area contributed by atoms with Gasteiger partial charge in [0, 0.05) is 17.0 Å². The third-order valence-corrected chi connectivity index (χ3v) is 3.44. The molecule has 0 saturated heterocycles. The quantitative estimate of drug-likeness (QED) is 0.571. The summed E-state index contributed by atoms with van der Waals surface area (Å²) in [5, 5.41) is 11.6. The smallest absolute Gasteiger partial charge is 0.271 e. The molecule has 0 radical (unpaired) electrons. The van der Waals surface area contributed by atoms with Gasteiger partial charge in [0.1, 0.15) is 0 Å². The van der Waals surface area contributed by atoms with Crippen LogP contribution in [-0.2, 0) is 0 Å². The first kappa shape index (κ1) is 9.20. The zero-order valence-electron chi connectivity index (χ0n) is 6.91. The Morgan fingerprint density at radius 3 is 2.79 bits per heavy atom. The third-order valence-electron chi connectivity index (χ3n) is 1.96. The summed E-state index contributed by atoms with van der Waals surface area (Å²) in [6.07, 6.45) is 1.49. The Labute approximate surface area is 81.2 Å². The predicted molar refractivity (Wildman–Crippen MR) is 51.4 cm³/mol. The lowest BCUT2D eigenvalue weighted by atomic mass is 10.2. The Balaban J connectivity index is 2.57. The average Bonchev–Trinajstić information content (AvgIpc) is 2.42. The van der Waals surface area contributed by atoms with Gasteiger partial charge in [-0.2, -0.15) is 0 Å². The second kappa shape index (κ2) is 2.81. The number of fused-ring (bicyclic) bond motifs is 1. The first-order chi connectivity index (χ1) is 6.50. The molecule has 1 heterocycles. The molecule has 1 N–H and O–H groups in total. The summed E-state index contributed by atoms with van der Waals surface area (Å²) in [6, 6.07) is 3.91. The molecule has 1 atom stereocenters. The van der Waals surface area contributed by atoms with E-state index in [4.69, 9.17) is 0 Å². The van der Waals surface area contributed by atoms with Gasteiger partial charge in [0.15, 0.2) is 0 Å². The summed E-state index contributed by atoms with van der Waals surface area (Å²) in [7, 11) is -3.20. The molecule has 1 aromatic rings. The largest absolute Gasteiger partial charge is 0.760 e. The zero-order valence-corrected chi connectivity index (χ0v) is 7.73. The van der Waals surface area contributed by atoms with E-state index in [0.29, 0.717) is 5.56 Å². The number of benzene rings is 1. The maximum absolute atomic E-state index is 11.4. The van der Waals surface area contributed by atoms with Gasteiger partial charge in [0.25, 0.3) is 5.69 Å². The number of nitro groups is 1. The van der Waals surface area contributed by atoms with Gasteiger partial charge >= 0.3 is 0 Å². The van der Waals surface area contributed by atoms with Crippen molar-refractivity contribution in [2.75, 3.05) is 0 Å². The minimum Gasteiger partial charge on any atom is -0.760 e. The van der Waals surface area contributed by atoms with E-state index >= 15 is 0 Å². The molecule has 2 rings (SSSR count). The molecular formula is C8H6NO4S-. The van der Waals surface area contributed by atoms with Gasteiger partial charge in [-0.25, -0.2) is 0 Å². The molecule has 0 amide bonds. The third kappa shape index (κ3) is 1.29. The first-order valence-electron chi connectivity index (χ1n) is 3.74. The maximum atomic E-state index is 11.4. The normalized spacial score (nSPS) is 28.1.